The van der Waals surface area contributed by atoms with Crippen LogP contribution in [0.5, 0.6) is 0 Å². The van der Waals surface area contributed by atoms with Crippen LogP contribution in [0.2, 0.25) is 0 Å². The highest BCUT2D eigenvalue weighted by atomic mass is 16.4. The topological polar surface area (TPSA) is 99.2 Å². The van der Waals surface area contributed by atoms with Crippen LogP contribution in [0.4, 0.5) is 4.79 Å². The maximum absolute atomic E-state index is 13.1. The summed E-state index contributed by atoms with van der Waals surface area (Å²) in [6.07, 6.45) is 0. The molecule has 0 radical (unpaired) electrons. The molecule has 3 amide bonds. The number of carbonyl (C=O) groups excluding carboxylic acids is 2. The normalized spacial score (nSPS) is 18.6. The summed E-state index contributed by atoms with van der Waals surface area (Å²) in [6.45, 7) is 3.42. The third-order valence-electron chi connectivity index (χ3n) is 5.09. The Balaban J connectivity index is 1.60. The lowest BCUT2D eigenvalue weighted by molar-refractivity contribution is -0.131. The summed E-state index contributed by atoms with van der Waals surface area (Å²) in [7, 11) is 0. The first-order valence-corrected chi connectivity index (χ1v) is 9.09. The maximum Gasteiger partial charge on any atom is 0.325 e. The van der Waals surface area contributed by atoms with Crippen LogP contribution in [0.1, 0.15) is 29.5 Å². The molecule has 2 heterocycles. The van der Waals surface area contributed by atoms with Gasteiger partial charge in [-0.05, 0) is 43.7 Å². The number of rotatable bonds is 4. The van der Waals surface area contributed by atoms with Gasteiger partial charge in [0, 0.05) is 5.56 Å². The fourth-order valence-electron chi connectivity index (χ4n) is 3.34. The number of nitrogens with one attached hydrogen (secondary N) is 1. The number of nitriles is 1. The van der Waals surface area contributed by atoms with Gasteiger partial charge in [-0.25, -0.2) is 9.78 Å². The Labute approximate surface area is 167 Å². The quantitative estimate of drug-likeness (QED) is 0.692. The minimum Gasteiger partial charge on any atom is -0.441 e. The number of carbonyl (C=O) groups is 2. The van der Waals surface area contributed by atoms with E-state index in [2.05, 4.69) is 10.3 Å². The highest BCUT2D eigenvalue weighted by molar-refractivity contribution is 6.07. The third-order valence-corrected chi connectivity index (χ3v) is 5.09. The fourth-order valence-corrected chi connectivity index (χ4v) is 3.34. The van der Waals surface area contributed by atoms with Crippen LogP contribution in [0.25, 0.3) is 11.5 Å². The Morgan fingerprint density at radius 2 is 1.83 bits per heavy atom. The van der Waals surface area contributed by atoms with E-state index < -0.39 is 11.6 Å². The van der Waals surface area contributed by atoms with Gasteiger partial charge in [-0.3, -0.25) is 9.69 Å². The minimum absolute atomic E-state index is 0.0126. The molecule has 4 rings (SSSR count). The van der Waals surface area contributed by atoms with Crippen molar-refractivity contribution in [3.05, 3.63) is 77.2 Å². The lowest BCUT2D eigenvalue weighted by atomic mass is 9.91. The van der Waals surface area contributed by atoms with Gasteiger partial charge in [0.2, 0.25) is 5.89 Å². The average molecular weight is 386 g/mol. The molecule has 7 nitrogen and oxygen atoms in total. The van der Waals surface area contributed by atoms with Gasteiger partial charge in [-0.1, -0.05) is 30.3 Å². The second-order valence-electron chi connectivity index (χ2n) is 7.02. The molecule has 1 aromatic heterocycles. The van der Waals surface area contributed by atoms with E-state index in [1.807, 2.05) is 36.4 Å². The number of hydrogen-bond donors (Lipinski definition) is 1. The van der Waals surface area contributed by atoms with Crippen molar-refractivity contribution in [2.45, 2.75) is 25.9 Å². The predicted octanol–water partition coefficient (Wildman–Crippen LogP) is 3.49. The van der Waals surface area contributed by atoms with E-state index >= 15 is 0 Å². The smallest absolute Gasteiger partial charge is 0.325 e. The van der Waals surface area contributed by atoms with E-state index in [-0.39, 0.29) is 12.5 Å². The highest BCUT2D eigenvalue weighted by Gasteiger charge is 2.49. The Bertz CT molecular complexity index is 1130. The second kappa shape index (κ2) is 6.91. The molecule has 1 saturated heterocycles. The van der Waals surface area contributed by atoms with Crippen LogP contribution in [0, 0.1) is 18.3 Å². The summed E-state index contributed by atoms with van der Waals surface area (Å²) in [6, 6.07) is 17.6. The summed E-state index contributed by atoms with van der Waals surface area (Å²) in [4.78, 5) is 31.3. The van der Waals surface area contributed by atoms with Crippen molar-refractivity contribution in [1.82, 2.24) is 15.2 Å². The van der Waals surface area contributed by atoms with Gasteiger partial charge in [0.15, 0.2) is 0 Å². The molecule has 1 N–H and O–H groups in total. The number of nitrogens with zero attached hydrogens (tertiary/aromatic N) is 3. The van der Waals surface area contributed by atoms with Gasteiger partial charge in [-0.2, -0.15) is 5.26 Å². The monoisotopic (exact) mass is 386 g/mol. The molecule has 1 atom stereocenters. The van der Waals surface area contributed by atoms with Crippen molar-refractivity contribution >= 4 is 11.9 Å². The SMILES string of the molecule is Cc1oc(-c2ccccc2)nc1CN1C(=O)NC(C)(c2ccc(C#N)cc2)C1=O. The Morgan fingerprint density at radius 1 is 1.14 bits per heavy atom. The van der Waals surface area contributed by atoms with Crippen LogP contribution >= 0.6 is 0 Å². The first-order valence-electron chi connectivity index (χ1n) is 9.09. The zero-order valence-electron chi connectivity index (χ0n) is 16.0. The molecule has 0 bridgehead atoms. The second-order valence-corrected chi connectivity index (χ2v) is 7.02. The molecule has 3 aromatic rings. The molecule has 2 aromatic carbocycles. The molecule has 0 spiro atoms. The van der Waals surface area contributed by atoms with Gasteiger partial charge < -0.3 is 9.73 Å². The zero-order chi connectivity index (χ0) is 20.6. The summed E-state index contributed by atoms with van der Waals surface area (Å²) in [5, 5.41) is 11.7. The van der Waals surface area contributed by atoms with Crippen molar-refractivity contribution in [3.8, 4) is 17.5 Å². The number of imide groups is 1. The average Bonchev–Trinajstić information content (AvgIpc) is 3.21. The molecule has 1 aliphatic heterocycles. The lowest BCUT2D eigenvalue weighted by Crippen LogP contribution is -2.40. The summed E-state index contributed by atoms with van der Waals surface area (Å²) in [5.74, 6) is 0.618. The molecule has 29 heavy (non-hydrogen) atoms. The van der Waals surface area contributed by atoms with Crippen molar-refractivity contribution < 1.29 is 14.0 Å². The molecule has 144 valence electrons. The first-order chi connectivity index (χ1) is 13.9. The third kappa shape index (κ3) is 3.15. The molecule has 0 aliphatic carbocycles. The number of urea groups is 1. The van der Waals surface area contributed by atoms with Gasteiger partial charge >= 0.3 is 6.03 Å². The number of hydrogen-bond acceptors (Lipinski definition) is 5. The van der Waals surface area contributed by atoms with Crippen LogP contribution in [0.15, 0.2) is 59.0 Å². The number of amides is 3. The van der Waals surface area contributed by atoms with Crippen LogP contribution < -0.4 is 5.32 Å². The molecule has 7 heteroatoms. The standard InChI is InChI=1S/C22H18N4O3/c1-14-18(24-19(29-14)16-6-4-3-5-7-16)13-26-20(27)22(2,25-21(26)28)17-10-8-15(12-23)9-11-17/h3-11H,13H2,1-2H3,(H,25,28). The number of aromatic nitrogens is 1. The maximum atomic E-state index is 13.1. The van der Waals surface area contributed by atoms with Crippen molar-refractivity contribution in [2.24, 2.45) is 0 Å². The minimum atomic E-state index is -1.20. The number of benzene rings is 2. The Hall–Kier alpha value is -3.92. The summed E-state index contributed by atoms with van der Waals surface area (Å²) < 4.78 is 5.73. The van der Waals surface area contributed by atoms with E-state index in [4.69, 9.17) is 9.68 Å². The zero-order valence-corrected chi connectivity index (χ0v) is 16.0. The molecule has 0 saturated carbocycles. The van der Waals surface area contributed by atoms with Crippen molar-refractivity contribution in [2.75, 3.05) is 0 Å². The Morgan fingerprint density at radius 3 is 2.48 bits per heavy atom. The van der Waals surface area contributed by atoms with Gasteiger partial charge in [0.1, 0.15) is 17.0 Å². The predicted molar refractivity (Wildman–Crippen MR) is 104 cm³/mol. The van der Waals surface area contributed by atoms with Crippen LogP contribution in [0.3, 0.4) is 0 Å². The lowest BCUT2D eigenvalue weighted by Gasteiger charge is -2.22. The van der Waals surface area contributed by atoms with Gasteiger partial charge in [0.25, 0.3) is 5.91 Å². The molecule has 1 fully saturated rings. The van der Waals surface area contributed by atoms with E-state index in [0.29, 0.717) is 28.5 Å². The van der Waals surface area contributed by atoms with Gasteiger partial charge in [0.05, 0.1) is 18.2 Å². The first kappa shape index (κ1) is 18.4. The summed E-state index contributed by atoms with van der Waals surface area (Å²) in [5.41, 5.74) is 1.24. The van der Waals surface area contributed by atoms with Crippen molar-refractivity contribution in [1.29, 1.82) is 5.26 Å². The number of oxazole rings is 1. The molecule has 1 aliphatic rings. The van der Waals surface area contributed by atoms with E-state index in [0.717, 1.165) is 10.5 Å². The van der Waals surface area contributed by atoms with Crippen molar-refractivity contribution in [3.63, 3.8) is 0 Å². The largest absolute Gasteiger partial charge is 0.441 e. The molecular weight excluding hydrogens is 368 g/mol. The fraction of sp³-hybridized carbons (Fsp3) is 0.182. The molecule has 1 unspecified atom stereocenters. The Kier molecular flexibility index (Phi) is 4.40. The van der Waals surface area contributed by atoms with E-state index in [1.54, 1.807) is 38.1 Å². The molecular formula is C22H18N4O3. The van der Waals surface area contributed by atoms with Crippen LogP contribution in [-0.2, 0) is 16.9 Å². The highest BCUT2D eigenvalue weighted by Crippen LogP contribution is 2.31. The summed E-state index contributed by atoms with van der Waals surface area (Å²) >= 11 is 0. The van der Waals surface area contributed by atoms with Gasteiger partial charge in [-0.15, -0.1) is 0 Å². The number of aryl methyl sites for hydroxylation is 1. The van der Waals surface area contributed by atoms with E-state index in [1.165, 1.54) is 0 Å². The van der Waals surface area contributed by atoms with Crippen LogP contribution in [-0.4, -0.2) is 21.8 Å². The van der Waals surface area contributed by atoms with E-state index in [9.17, 15) is 9.59 Å².